The van der Waals surface area contributed by atoms with Crippen molar-refractivity contribution in [2.45, 2.75) is 110 Å². The van der Waals surface area contributed by atoms with Crippen LogP contribution in [-0.2, 0) is 14.3 Å². The summed E-state index contributed by atoms with van der Waals surface area (Å²) < 4.78 is 40.6. The summed E-state index contributed by atoms with van der Waals surface area (Å²) in [6.45, 7) is 23.7. The third kappa shape index (κ3) is 11.8. The molecule has 0 bridgehead atoms. The Kier molecular flexibility index (Phi) is 15.6. The Morgan fingerprint density at radius 1 is 0.415 bits per heavy atom. The van der Waals surface area contributed by atoms with Crippen LogP contribution in [-0.4, -0.2) is 7.25 Å². The van der Waals surface area contributed by atoms with Gasteiger partial charge in [-0.25, -0.2) is 0 Å². The Morgan fingerprint density at radius 3 is 0.774 bits per heavy atom. The molecule has 1 aliphatic heterocycles. The van der Waals surface area contributed by atoms with Crippen LogP contribution >= 0.6 is 12.3 Å². The monoisotopic (exact) mass is 940 g/mol. The first-order valence-electron chi connectivity index (χ1n) is 18.6. The number of rotatable bonds is 6. The molecule has 1 heterocycles. The van der Waals surface area contributed by atoms with Crippen molar-refractivity contribution in [1.29, 1.82) is 0 Å². The van der Waals surface area contributed by atoms with Crippen LogP contribution < -0.4 is 21.2 Å². The molecule has 1 fully saturated rings. The maximum atomic E-state index is 9.75. The maximum Gasteiger partial charge on any atom is 0.673 e. The van der Waals surface area contributed by atoms with Gasteiger partial charge in [0.25, 0.3) is 0 Å². The number of aryl methyl sites for hydroxylation is 8. The van der Waals surface area contributed by atoms with Crippen LogP contribution in [0.15, 0.2) is 97.1 Å². The van der Waals surface area contributed by atoms with Gasteiger partial charge in [-0.2, -0.15) is 0 Å². The van der Waals surface area contributed by atoms with E-state index in [-0.39, 0.29) is 0 Å². The van der Waals surface area contributed by atoms with E-state index in [1.807, 2.05) is 0 Å². The summed E-state index contributed by atoms with van der Waals surface area (Å²) in [5.74, 6) is 0. The Balaban J connectivity index is 0.000000408. The molecular weight excluding hydrogens is 881 g/mol. The molecule has 0 unspecified atom stereocenters. The molecule has 4 aromatic carbocycles. The molecule has 0 nitrogen and oxygen atoms in total. The van der Waals surface area contributed by atoms with Crippen molar-refractivity contribution in [3.63, 3.8) is 0 Å². The summed E-state index contributed by atoms with van der Waals surface area (Å²) in [6.07, 6.45) is 14.5. The van der Waals surface area contributed by atoms with Crippen molar-refractivity contribution in [3.05, 3.63) is 142 Å². The second-order valence-electron chi connectivity index (χ2n) is 14.7. The van der Waals surface area contributed by atoms with E-state index in [1.165, 1.54) is 76.6 Å². The van der Waals surface area contributed by atoms with E-state index in [2.05, 4.69) is 166 Å². The zero-order valence-electron chi connectivity index (χ0n) is 33.2. The molecule has 0 N–H and O–H groups in total. The largest absolute Gasteiger partial charge is 0.673 e. The molecule has 4 aromatic rings. The average Bonchev–Trinajstić information content (AvgIpc) is 2.98. The van der Waals surface area contributed by atoms with E-state index < -0.39 is 33.9 Å². The molecule has 0 saturated carbocycles. The van der Waals surface area contributed by atoms with E-state index in [0.717, 1.165) is 8.86 Å². The zero-order valence-corrected chi connectivity index (χ0v) is 37.4. The maximum absolute atomic E-state index is 9.75. The minimum absolute atomic E-state index is 0.462. The van der Waals surface area contributed by atoms with Crippen LogP contribution in [0, 0.1) is 55.4 Å². The van der Waals surface area contributed by atoms with Crippen molar-refractivity contribution in [3.8, 4) is 0 Å². The fraction of sp³-hybridized carbons (Fsp3) is 0.378. The molecule has 53 heavy (non-hydrogen) atoms. The average molecular weight is 940 g/mol. The molecule has 1 saturated heterocycles. The van der Waals surface area contributed by atoms with Gasteiger partial charge in [-0.3, -0.25) is 0 Å². The molecule has 6 rings (SSSR count). The third-order valence-corrected chi connectivity index (χ3v) is 54.8. The minimum Gasteiger partial charge on any atom is -0.418 e. The van der Waals surface area contributed by atoms with Crippen LogP contribution in [0.25, 0.3) is 0 Å². The van der Waals surface area contributed by atoms with Gasteiger partial charge in [0.15, 0.2) is 0 Å². The molecule has 2 aliphatic rings. The standard InChI is InChI=1S/2C16H18P.C8H12.C5H10.BF4.Ir/c2*1-11-5-12(2)8-15(7-11)17-16-9-13(3)6-14(4)10-16;1-2-4-6-8-7-5-3-1;1-3-5-4-2;2-1(3,4)5;/h2*5-10H,1-4H3;1-2,7-8H,3-6H2;3-4H,5H2,1-2H3;;/q2*-1;;;-1;+2/b;;2-1-,8-7-;;;. The molecule has 0 spiro atoms. The molecule has 0 aromatic heterocycles. The summed E-state index contributed by atoms with van der Waals surface area (Å²) in [6, 6.07) is 30.0. The van der Waals surface area contributed by atoms with Gasteiger partial charge in [0.05, 0.1) is 0 Å². The smallest absolute Gasteiger partial charge is 0.418 e. The fourth-order valence-electron chi connectivity index (χ4n) is 7.47. The number of allylic oxidation sites excluding steroid dienone is 4. The topological polar surface area (TPSA) is 0 Å². The van der Waals surface area contributed by atoms with Crippen molar-refractivity contribution >= 4 is 40.8 Å². The van der Waals surface area contributed by atoms with Gasteiger partial charge in [0.1, 0.15) is 0 Å². The summed E-state index contributed by atoms with van der Waals surface area (Å²) >= 11 is -2.79. The third-order valence-electron chi connectivity index (χ3n) is 9.09. The first-order chi connectivity index (χ1) is 24.9. The zero-order chi connectivity index (χ0) is 39.1. The van der Waals surface area contributed by atoms with Crippen LogP contribution in [0.1, 0.15) is 90.5 Å². The molecule has 0 amide bonds. The van der Waals surface area contributed by atoms with Crippen molar-refractivity contribution in [2.24, 2.45) is 0 Å². The fourth-order valence-corrected chi connectivity index (χ4v) is 60.4. The van der Waals surface area contributed by atoms with E-state index in [9.17, 15) is 17.3 Å². The number of hydrogen-bond donors (Lipinski definition) is 0. The summed E-state index contributed by atoms with van der Waals surface area (Å²) in [5, 5.41) is 6.55. The Labute approximate surface area is 322 Å². The predicted octanol–water partition coefficient (Wildman–Crippen LogP) is 13.7. The molecular formula is C45H58BF4IrP2-. The predicted molar refractivity (Wildman–Crippen MR) is 226 cm³/mol. The SMILES string of the molecule is C1=C\CC/C=C\CC/1.Cc1cc(C)cc([P](c2cc(C)cc(C)c2)[Ir]2([P](c3cc(C)cc(C)c3)c3cc(C)cc(C)c3)[C@@H](C)C[C@@H]2C)c1.F[B-](F)(F)F. The number of hydrogen-bond acceptors (Lipinski definition) is 0. The second kappa shape index (κ2) is 19.0. The molecule has 1 aliphatic carbocycles. The van der Waals surface area contributed by atoms with Gasteiger partial charge < -0.3 is 17.3 Å². The first kappa shape index (κ1) is 43.4. The first-order valence-corrected chi connectivity index (χ1v) is 30.2. The second-order valence-corrected chi connectivity index (χ2v) is 42.7. The van der Waals surface area contributed by atoms with Gasteiger partial charge in [-0.1, -0.05) is 24.3 Å². The molecule has 2 atom stereocenters. The Hall–Kier alpha value is -2.35. The summed E-state index contributed by atoms with van der Waals surface area (Å²) in [4.78, 5) is 0. The van der Waals surface area contributed by atoms with Gasteiger partial charge in [0, 0.05) is 0 Å². The normalized spacial score (nSPS) is 19.8. The summed E-state index contributed by atoms with van der Waals surface area (Å²) in [5.41, 5.74) is 11.3. The van der Waals surface area contributed by atoms with E-state index in [0.29, 0.717) is 0 Å². The molecule has 289 valence electrons. The molecule has 0 radical (unpaired) electrons. The quantitative estimate of drug-likeness (QED) is 0.0782. The van der Waals surface area contributed by atoms with Crippen LogP contribution in [0.5, 0.6) is 0 Å². The molecule has 8 heteroatoms. The van der Waals surface area contributed by atoms with E-state index in [1.54, 1.807) is 21.2 Å². The Bertz CT molecular complexity index is 1580. The van der Waals surface area contributed by atoms with E-state index >= 15 is 0 Å². The van der Waals surface area contributed by atoms with Crippen LogP contribution in [0.2, 0.25) is 8.86 Å². The number of halogens is 4. The van der Waals surface area contributed by atoms with Crippen molar-refractivity contribution in [1.82, 2.24) is 0 Å². The van der Waals surface area contributed by atoms with Crippen molar-refractivity contribution in [2.75, 3.05) is 0 Å². The van der Waals surface area contributed by atoms with Crippen molar-refractivity contribution < 1.29 is 31.6 Å². The Morgan fingerprint density at radius 2 is 0.604 bits per heavy atom. The van der Waals surface area contributed by atoms with E-state index in [4.69, 9.17) is 0 Å². The van der Waals surface area contributed by atoms with Crippen LogP contribution in [0.3, 0.4) is 0 Å². The van der Waals surface area contributed by atoms with Gasteiger partial charge >= 0.3 is 257 Å². The van der Waals surface area contributed by atoms with Crippen LogP contribution in [0.4, 0.5) is 17.3 Å². The van der Waals surface area contributed by atoms with Gasteiger partial charge in [-0.15, -0.1) is 0 Å². The minimum atomic E-state index is -6.00. The summed E-state index contributed by atoms with van der Waals surface area (Å²) in [7, 11) is -6.00. The van der Waals surface area contributed by atoms with Gasteiger partial charge in [0.2, 0.25) is 0 Å². The number of benzene rings is 4. The van der Waals surface area contributed by atoms with Gasteiger partial charge in [-0.05, 0) is 25.7 Å².